The van der Waals surface area contributed by atoms with E-state index in [4.69, 9.17) is 20.8 Å². The maximum atomic E-state index is 13.0. The van der Waals surface area contributed by atoms with Gasteiger partial charge in [0.05, 0.1) is 10.5 Å². The fourth-order valence-electron chi connectivity index (χ4n) is 2.17. The number of aromatic nitrogens is 2. The molecule has 0 radical (unpaired) electrons. The van der Waals surface area contributed by atoms with E-state index < -0.39 is 28.5 Å². The van der Waals surface area contributed by atoms with Gasteiger partial charge in [-0.25, -0.2) is 9.18 Å². The predicted octanol–water partition coefficient (Wildman–Crippen LogP) is 4.36. The third kappa shape index (κ3) is 4.09. The summed E-state index contributed by atoms with van der Waals surface area (Å²) in [5.41, 5.74) is 0.0494. The van der Waals surface area contributed by atoms with Crippen LogP contribution in [0.3, 0.4) is 0 Å². The Bertz CT molecular complexity index is 1010. The van der Waals surface area contributed by atoms with Gasteiger partial charge in [-0.15, -0.1) is 10.2 Å². The van der Waals surface area contributed by atoms with Crippen molar-refractivity contribution in [3.63, 3.8) is 0 Å². The molecule has 0 saturated carbocycles. The van der Waals surface area contributed by atoms with Crippen LogP contribution >= 0.6 is 11.6 Å². The predicted molar refractivity (Wildman–Crippen MR) is 91.6 cm³/mol. The molecule has 1 atom stereocenters. The second-order valence-electron chi connectivity index (χ2n) is 5.42. The van der Waals surface area contributed by atoms with Gasteiger partial charge in [-0.05, 0) is 43.3 Å². The Morgan fingerprint density at radius 2 is 1.96 bits per heavy atom. The highest BCUT2D eigenvalue weighted by molar-refractivity contribution is 6.32. The zero-order chi connectivity index (χ0) is 19.6. The van der Waals surface area contributed by atoms with Crippen LogP contribution in [0.25, 0.3) is 11.5 Å². The Morgan fingerprint density at radius 3 is 2.63 bits per heavy atom. The first-order valence-electron chi connectivity index (χ1n) is 7.59. The summed E-state index contributed by atoms with van der Waals surface area (Å²) in [5, 5.41) is 18.5. The first-order chi connectivity index (χ1) is 12.8. The number of rotatable bonds is 5. The molecular weight excluding hydrogens is 381 g/mol. The third-order valence-corrected chi connectivity index (χ3v) is 3.86. The summed E-state index contributed by atoms with van der Waals surface area (Å²) < 4.78 is 23.6. The smallest absolute Gasteiger partial charge is 0.339 e. The number of ether oxygens (including phenoxy) is 1. The number of esters is 1. The van der Waals surface area contributed by atoms with Gasteiger partial charge in [0.25, 0.3) is 11.6 Å². The van der Waals surface area contributed by atoms with Crippen molar-refractivity contribution >= 4 is 23.3 Å². The van der Waals surface area contributed by atoms with Gasteiger partial charge in [-0.2, -0.15) is 0 Å². The highest BCUT2D eigenvalue weighted by Gasteiger charge is 2.22. The molecule has 1 aromatic heterocycles. The standard InChI is InChI=1S/C17H11ClFN3O5/c1-9(15-20-21-16(27-15)10-2-5-12(19)6-3-10)26-17(23)11-4-7-13(18)14(8-11)22(24)25/h2-9H,1H3/t9-/m1/s1. The van der Waals surface area contributed by atoms with Crippen molar-refractivity contribution in [3.05, 3.63) is 74.9 Å². The minimum absolute atomic E-state index is 0.0196. The van der Waals surface area contributed by atoms with Crippen molar-refractivity contribution in [2.24, 2.45) is 0 Å². The molecule has 2 aromatic carbocycles. The fraction of sp³-hybridized carbons (Fsp3) is 0.118. The molecule has 1 heterocycles. The molecule has 8 nitrogen and oxygen atoms in total. The van der Waals surface area contributed by atoms with Crippen LogP contribution in [-0.2, 0) is 4.74 Å². The van der Waals surface area contributed by atoms with E-state index in [0.717, 1.165) is 6.07 Å². The number of carbonyl (C=O) groups is 1. The molecule has 3 aromatic rings. The SMILES string of the molecule is C[C@@H](OC(=O)c1ccc(Cl)c([N+](=O)[O-])c1)c1nnc(-c2ccc(F)cc2)o1. The van der Waals surface area contributed by atoms with Gasteiger partial charge in [0, 0.05) is 11.6 Å². The maximum absolute atomic E-state index is 13.0. The zero-order valence-electron chi connectivity index (χ0n) is 13.8. The van der Waals surface area contributed by atoms with E-state index in [1.54, 1.807) is 0 Å². The summed E-state index contributed by atoms with van der Waals surface area (Å²) >= 11 is 5.72. The number of carbonyl (C=O) groups excluding carboxylic acids is 1. The minimum Gasteiger partial charge on any atom is -0.449 e. The Labute approximate surface area is 156 Å². The normalized spacial score (nSPS) is 11.8. The van der Waals surface area contributed by atoms with Crippen molar-refractivity contribution in [1.29, 1.82) is 0 Å². The average molecular weight is 392 g/mol. The van der Waals surface area contributed by atoms with E-state index in [-0.39, 0.29) is 22.4 Å². The topological polar surface area (TPSA) is 108 Å². The van der Waals surface area contributed by atoms with Crippen molar-refractivity contribution < 1.29 is 23.3 Å². The monoisotopic (exact) mass is 391 g/mol. The molecule has 0 spiro atoms. The minimum atomic E-state index is -0.908. The van der Waals surface area contributed by atoms with Crippen LogP contribution in [-0.4, -0.2) is 21.1 Å². The second-order valence-corrected chi connectivity index (χ2v) is 5.83. The van der Waals surface area contributed by atoms with Crippen LogP contribution in [0.5, 0.6) is 0 Å². The molecule has 0 bridgehead atoms. The van der Waals surface area contributed by atoms with Crippen molar-refractivity contribution in [1.82, 2.24) is 10.2 Å². The summed E-state index contributed by atoms with van der Waals surface area (Å²) in [6.07, 6.45) is -0.908. The van der Waals surface area contributed by atoms with Crippen LogP contribution in [0, 0.1) is 15.9 Å². The lowest BCUT2D eigenvalue weighted by atomic mass is 10.2. The Kier molecular flexibility index (Phi) is 5.13. The molecular formula is C17H11ClFN3O5. The number of nitro groups is 1. The summed E-state index contributed by atoms with van der Waals surface area (Å²) in [7, 11) is 0. The Balaban J connectivity index is 1.75. The largest absolute Gasteiger partial charge is 0.449 e. The summed E-state index contributed by atoms with van der Waals surface area (Å²) in [6, 6.07) is 9.00. The summed E-state index contributed by atoms with van der Waals surface area (Å²) in [6.45, 7) is 1.50. The molecule has 0 saturated heterocycles. The number of nitro benzene ring substituents is 1. The number of nitrogens with zero attached hydrogens (tertiary/aromatic N) is 3. The molecule has 3 rings (SSSR count). The van der Waals surface area contributed by atoms with E-state index in [0.29, 0.717) is 5.56 Å². The lowest BCUT2D eigenvalue weighted by Gasteiger charge is -2.09. The van der Waals surface area contributed by atoms with E-state index in [1.807, 2.05) is 0 Å². The van der Waals surface area contributed by atoms with Crippen molar-refractivity contribution in [2.75, 3.05) is 0 Å². The molecule has 0 aliphatic rings. The van der Waals surface area contributed by atoms with Crippen LogP contribution in [0.4, 0.5) is 10.1 Å². The Morgan fingerprint density at radius 1 is 1.26 bits per heavy atom. The zero-order valence-corrected chi connectivity index (χ0v) is 14.5. The van der Waals surface area contributed by atoms with Crippen molar-refractivity contribution in [3.8, 4) is 11.5 Å². The van der Waals surface area contributed by atoms with Gasteiger partial charge in [0.1, 0.15) is 10.8 Å². The quantitative estimate of drug-likeness (QED) is 0.361. The van der Waals surface area contributed by atoms with E-state index in [1.165, 1.54) is 43.3 Å². The molecule has 0 aliphatic heterocycles. The van der Waals surface area contributed by atoms with Gasteiger partial charge < -0.3 is 9.15 Å². The third-order valence-electron chi connectivity index (χ3n) is 3.54. The maximum Gasteiger partial charge on any atom is 0.339 e. The molecule has 0 unspecified atom stereocenters. The van der Waals surface area contributed by atoms with Crippen LogP contribution in [0.2, 0.25) is 5.02 Å². The first-order valence-corrected chi connectivity index (χ1v) is 7.97. The van der Waals surface area contributed by atoms with E-state index in [9.17, 15) is 19.3 Å². The van der Waals surface area contributed by atoms with Crippen LogP contribution in [0.1, 0.15) is 29.3 Å². The molecule has 0 fully saturated rings. The van der Waals surface area contributed by atoms with Crippen LogP contribution in [0.15, 0.2) is 46.9 Å². The number of hydrogen-bond donors (Lipinski definition) is 0. The van der Waals surface area contributed by atoms with Gasteiger partial charge in [-0.3, -0.25) is 10.1 Å². The number of benzene rings is 2. The van der Waals surface area contributed by atoms with Gasteiger partial charge >= 0.3 is 5.97 Å². The van der Waals surface area contributed by atoms with Gasteiger partial charge in [0.15, 0.2) is 6.10 Å². The number of halogens is 2. The summed E-state index contributed by atoms with van der Waals surface area (Å²) in [5.74, 6) is -1.07. The fourth-order valence-corrected chi connectivity index (χ4v) is 2.35. The number of hydrogen-bond acceptors (Lipinski definition) is 7. The van der Waals surface area contributed by atoms with Gasteiger partial charge in [0.2, 0.25) is 5.89 Å². The molecule has 0 N–H and O–H groups in total. The summed E-state index contributed by atoms with van der Waals surface area (Å²) in [4.78, 5) is 22.4. The van der Waals surface area contributed by atoms with E-state index >= 15 is 0 Å². The molecule has 0 aliphatic carbocycles. The Hall–Kier alpha value is -3.33. The molecule has 10 heteroatoms. The highest BCUT2D eigenvalue weighted by Crippen LogP contribution is 2.27. The highest BCUT2D eigenvalue weighted by atomic mass is 35.5. The van der Waals surface area contributed by atoms with Gasteiger partial charge in [-0.1, -0.05) is 11.6 Å². The lowest BCUT2D eigenvalue weighted by molar-refractivity contribution is -0.384. The van der Waals surface area contributed by atoms with Crippen molar-refractivity contribution in [2.45, 2.75) is 13.0 Å². The molecule has 138 valence electrons. The van der Waals surface area contributed by atoms with Crippen LogP contribution < -0.4 is 0 Å². The molecule has 0 amide bonds. The second kappa shape index (κ2) is 7.50. The first kappa shape index (κ1) is 18.5. The lowest BCUT2D eigenvalue weighted by Crippen LogP contribution is -2.10. The van der Waals surface area contributed by atoms with E-state index in [2.05, 4.69) is 10.2 Å². The average Bonchev–Trinajstić information content (AvgIpc) is 3.12. The molecule has 27 heavy (non-hydrogen) atoms.